The lowest BCUT2D eigenvalue weighted by Gasteiger charge is -2.34. The molecule has 8 heteroatoms. The minimum atomic E-state index is -0.232. The van der Waals surface area contributed by atoms with E-state index in [0.29, 0.717) is 17.1 Å². The van der Waals surface area contributed by atoms with Crippen LogP contribution >= 0.6 is 11.8 Å². The average Bonchev–Trinajstić information content (AvgIpc) is 3.40. The Morgan fingerprint density at radius 2 is 1.97 bits per heavy atom. The van der Waals surface area contributed by atoms with Crippen LogP contribution in [0.3, 0.4) is 0 Å². The normalized spacial score (nSPS) is 18.5. The van der Waals surface area contributed by atoms with Gasteiger partial charge in [0.2, 0.25) is 0 Å². The van der Waals surface area contributed by atoms with E-state index in [2.05, 4.69) is 20.9 Å². The van der Waals surface area contributed by atoms with Crippen molar-refractivity contribution in [3.05, 3.63) is 47.1 Å². The number of carbonyl (C=O) groups excluding carboxylic acids is 1. The summed E-state index contributed by atoms with van der Waals surface area (Å²) in [4.78, 5) is 21.6. The number of thioether (sulfide) groups is 1. The molecule has 7 nitrogen and oxygen atoms in total. The smallest absolute Gasteiger partial charge is 0.286 e. The van der Waals surface area contributed by atoms with Gasteiger partial charge in [-0.15, -0.1) is 0 Å². The molecule has 154 valence electrons. The first-order valence-corrected chi connectivity index (χ1v) is 10.6. The molecule has 0 atom stereocenters. The summed E-state index contributed by atoms with van der Waals surface area (Å²) < 4.78 is 11.1. The van der Waals surface area contributed by atoms with Gasteiger partial charge in [0.25, 0.3) is 5.91 Å². The third-order valence-electron chi connectivity index (χ3n) is 5.07. The number of furan rings is 1. The molecule has 1 amide bonds. The van der Waals surface area contributed by atoms with E-state index >= 15 is 0 Å². The standard InChI is InChI=1S/C22H22N4O3S/c1-28-17-5-3-16(4-6-17)19-8-7-18(29-19)15-20-21(27)24-22(30-20)26-13-11-25(12-14-26)10-2-9-23/h3-8,15H,2,10-14H2,1H3/b20-15-. The fraction of sp³-hybridized carbons (Fsp3) is 0.318. The summed E-state index contributed by atoms with van der Waals surface area (Å²) in [7, 11) is 1.63. The van der Waals surface area contributed by atoms with E-state index in [-0.39, 0.29) is 5.91 Å². The molecular weight excluding hydrogens is 400 g/mol. The first-order chi connectivity index (χ1) is 14.7. The topological polar surface area (TPSA) is 82.1 Å². The van der Waals surface area contributed by atoms with Gasteiger partial charge in [-0.05, 0) is 48.2 Å². The summed E-state index contributed by atoms with van der Waals surface area (Å²) >= 11 is 1.39. The van der Waals surface area contributed by atoms with Gasteiger partial charge in [-0.1, -0.05) is 0 Å². The summed E-state index contributed by atoms with van der Waals surface area (Å²) in [5, 5.41) is 9.47. The van der Waals surface area contributed by atoms with Gasteiger partial charge in [0.1, 0.15) is 17.3 Å². The van der Waals surface area contributed by atoms with Crippen LogP contribution in [0, 0.1) is 11.3 Å². The maximum atomic E-state index is 12.4. The van der Waals surface area contributed by atoms with Gasteiger partial charge in [-0.25, -0.2) is 0 Å². The predicted molar refractivity (Wildman–Crippen MR) is 117 cm³/mol. The van der Waals surface area contributed by atoms with E-state index < -0.39 is 0 Å². The summed E-state index contributed by atoms with van der Waals surface area (Å²) in [6.45, 7) is 4.15. The lowest BCUT2D eigenvalue weighted by Crippen LogP contribution is -2.47. The molecule has 0 spiro atoms. The molecule has 2 aliphatic heterocycles. The number of amidine groups is 1. The fourth-order valence-corrected chi connectivity index (χ4v) is 4.32. The van der Waals surface area contributed by atoms with E-state index in [0.717, 1.165) is 55.0 Å². The summed E-state index contributed by atoms with van der Waals surface area (Å²) in [5.74, 6) is 1.91. The van der Waals surface area contributed by atoms with Crippen LogP contribution in [0.15, 0.2) is 50.7 Å². The average molecular weight is 423 g/mol. The highest BCUT2D eigenvalue weighted by molar-refractivity contribution is 8.18. The van der Waals surface area contributed by atoms with Crippen molar-refractivity contribution in [3.63, 3.8) is 0 Å². The molecule has 1 fully saturated rings. The third kappa shape index (κ3) is 4.58. The number of carbonyl (C=O) groups is 1. The second-order valence-corrected chi connectivity index (χ2v) is 7.99. The molecule has 1 aromatic heterocycles. The molecular formula is C22H22N4O3S. The van der Waals surface area contributed by atoms with Crippen LogP contribution in [0.1, 0.15) is 12.2 Å². The SMILES string of the molecule is COc1ccc(-c2ccc(/C=C3\SC(N4CCN(CCC#N)CC4)=NC3=O)o2)cc1. The Morgan fingerprint density at radius 3 is 2.67 bits per heavy atom. The lowest BCUT2D eigenvalue weighted by atomic mass is 10.2. The molecule has 2 aliphatic rings. The Hall–Kier alpha value is -3.02. The van der Waals surface area contributed by atoms with E-state index in [9.17, 15) is 4.79 Å². The Bertz CT molecular complexity index is 1010. The van der Waals surface area contributed by atoms with Gasteiger partial charge < -0.3 is 14.1 Å². The Kier molecular flexibility index (Phi) is 6.21. The van der Waals surface area contributed by atoms with Gasteiger partial charge in [0, 0.05) is 50.8 Å². The number of rotatable bonds is 5. The number of hydrogen-bond acceptors (Lipinski definition) is 7. The number of methoxy groups -OCH3 is 1. The molecule has 30 heavy (non-hydrogen) atoms. The molecule has 0 unspecified atom stereocenters. The van der Waals surface area contributed by atoms with E-state index in [1.165, 1.54) is 11.8 Å². The van der Waals surface area contributed by atoms with Gasteiger partial charge in [0.05, 0.1) is 18.1 Å². The highest BCUT2D eigenvalue weighted by Gasteiger charge is 2.28. The van der Waals surface area contributed by atoms with Gasteiger partial charge >= 0.3 is 0 Å². The maximum Gasteiger partial charge on any atom is 0.286 e. The van der Waals surface area contributed by atoms with Crippen molar-refractivity contribution in [3.8, 4) is 23.1 Å². The first-order valence-electron chi connectivity index (χ1n) is 9.77. The third-order valence-corrected chi connectivity index (χ3v) is 6.11. The number of amides is 1. The minimum absolute atomic E-state index is 0.232. The second-order valence-electron chi connectivity index (χ2n) is 6.98. The van der Waals surface area contributed by atoms with Crippen molar-refractivity contribution >= 4 is 28.9 Å². The monoisotopic (exact) mass is 422 g/mol. The summed E-state index contributed by atoms with van der Waals surface area (Å²) in [5.41, 5.74) is 0.942. The van der Waals surface area contributed by atoms with Crippen molar-refractivity contribution in [2.24, 2.45) is 4.99 Å². The molecule has 0 radical (unpaired) electrons. The van der Waals surface area contributed by atoms with Gasteiger partial charge in [-0.3, -0.25) is 9.69 Å². The van der Waals surface area contributed by atoms with Gasteiger partial charge in [-0.2, -0.15) is 10.3 Å². The number of hydrogen-bond donors (Lipinski definition) is 0. The summed E-state index contributed by atoms with van der Waals surface area (Å²) in [6.07, 6.45) is 2.29. The molecule has 0 aliphatic carbocycles. The maximum absolute atomic E-state index is 12.4. The quantitative estimate of drug-likeness (QED) is 0.683. The Balaban J connectivity index is 1.38. The van der Waals surface area contributed by atoms with Crippen molar-refractivity contribution in [1.29, 1.82) is 5.26 Å². The fourth-order valence-electron chi connectivity index (χ4n) is 3.37. The van der Waals surface area contributed by atoms with E-state index in [4.69, 9.17) is 14.4 Å². The van der Waals surface area contributed by atoms with Crippen LogP contribution in [0.5, 0.6) is 5.75 Å². The van der Waals surface area contributed by atoms with E-state index in [1.54, 1.807) is 13.2 Å². The van der Waals surface area contributed by atoms with Crippen molar-refractivity contribution in [1.82, 2.24) is 9.80 Å². The lowest BCUT2D eigenvalue weighted by molar-refractivity contribution is -0.113. The van der Waals surface area contributed by atoms with Crippen molar-refractivity contribution in [2.75, 3.05) is 39.8 Å². The van der Waals surface area contributed by atoms with Crippen LogP contribution in [-0.4, -0.2) is 60.7 Å². The molecule has 0 saturated carbocycles. The highest BCUT2D eigenvalue weighted by Crippen LogP contribution is 2.32. The highest BCUT2D eigenvalue weighted by atomic mass is 32.2. The minimum Gasteiger partial charge on any atom is -0.497 e. The van der Waals surface area contributed by atoms with Crippen molar-refractivity contribution < 1.29 is 13.9 Å². The van der Waals surface area contributed by atoms with Gasteiger partial charge in [0.15, 0.2) is 5.17 Å². The molecule has 2 aromatic rings. The number of ether oxygens (including phenoxy) is 1. The molecule has 1 saturated heterocycles. The molecule has 4 rings (SSSR count). The zero-order valence-corrected chi connectivity index (χ0v) is 17.5. The number of nitrogens with zero attached hydrogens (tertiary/aromatic N) is 4. The number of piperazine rings is 1. The van der Waals surface area contributed by atoms with Crippen LogP contribution in [-0.2, 0) is 4.79 Å². The van der Waals surface area contributed by atoms with Crippen LogP contribution in [0.25, 0.3) is 17.4 Å². The van der Waals surface area contributed by atoms with Crippen molar-refractivity contribution in [2.45, 2.75) is 6.42 Å². The molecule has 0 N–H and O–H groups in total. The molecule has 0 bridgehead atoms. The molecule has 1 aromatic carbocycles. The number of aliphatic imine (C=N–C) groups is 1. The number of benzene rings is 1. The van der Waals surface area contributed by atoms with Crippen LogP contribution in [0.4, 0.5) is 0 Å². The van der Waals surface area contributed by atoms with Crippen LogP contribution < -0.4 is 4.74 Å². The molecule has 3 heterocycles. The van der Waals surface area contributed by atoms with Crippen LogP contribution in [0.2, 0.25) is 0 Å². The second kappa shape index (κ2) is 9.20. The van der Waals surface area contributed by atoms with E-state index in [1.807, 2.05) is 36.4 Å². The summed E-state index contributed by atoms with van der Waals surface area (Å²) in [6, 6.07) is 13.6. The Morgan fingerprint density at radius 1 is 1.20 bits per heavy atom. The number of nitriles is 1. The Labute approximate surface area is 179 Å². The first kappa shape index (κ1) is 20.3. The zero-order valence-electron chi connectivity index (χ0n) is 16.7. The zero-order chi connectivity index (χ0) is 20.9. The largest absolute Gasteiger partial charge is 0.497 e. The predicted octanol–water partition coefficient (Wildman–Crippen LogP) is 3.46.